The highest BCUT2D eigenvalue weighted by atomic mass is 35.5. The molecule has 25 heavy (non-hydrogen) atoms. The molecular formula is C19H13ClFN3S. The molecule has 3 aromatic heterocycles. The van der Waals surface area contributed by atoms with Crippen LogP contribution < -0.4 is 0 Å². The molecule has 0 fully saturated rings. The molecule has 1 aliphatic rings. The fourth-order valence-electron chi connectivity index (χ4n) is 3.44. The second-order valence-corrected chi connectivity index (χ2v) is 7.65. The zero-order valence-corrected chi connectivity index (χ0v) is 14.7. The number of nitrogens with zero attached hydrogens (tertiary/aromatic N) is 3. The summed E-state index contributed by atoms with van der Waals surface area (Å²) >= 11 is 7.80. The summed E-state index contributed by atoms with van der Waals surface area (Å²) in [5, 5.41) is 1.60. The van der Waals surface area contributed by atoms with Gasteiger partial charge in [0.05, 0.1) is 10.6 Å². The SMILES string of the molecule is Fc1ccc(Cl)cc1-c1nc2n(c1-c1cc3cnccc3s1)CCC2. The van der Waals surface area contributed by atoms with Crippen molar-refractivity contribution in [2.75, 3.05) is 0 Å². The summed E-state index contributed by atoms with van der Waals surface area (Å²) in [6.45, 7) is 0.909. The number of benzene rings is 1. The van der Waals surface area contributed by atoms with Crippen molar-refractivity contribution in [1.29, 1.82) is 0 Å². The molecule has 5 rings (SSSR count). The van der Waals surface area contributed by atoms with Gasteiger partial charge in [-0.1, -0.05) is 11.6 Å². The minimum absolute atomic E-state index is 0.301. The average Bonchev–Trinajstić information content (AvgIpc) is 3.29. The fraction of sp³-hybridized carbons (Fsp3) is 0.158. The first-order valence-electron chi connectivity index (χ1n) is 8.09. The minimum atomic E-state index is -0.301. The monoisotopic (exact) mass is 369 g/mol. The largest absolute Gasteiger partial charge is 0.327 e. The Morgan fingerprint density at radius 3 is 3.00 bits per heavy atom. The number of rotatable bonds is 2. The van der Waals surface area contributed by atoms with E-state index >= 15 is 0 Å². The van der Waals surface area contributed by atoms with Crippen LogP contribution in [-0.2, 0) is 13.0 Å². The van der Waals surface area contributed by atoms with E-state index in [0.29, 0.717) is 16.3 Å². The Bertz CT molecular complexity index is 1080. The zero-order chi connectivity index (χ0) is 17.0. The van der Waals surface area contributed by atoms with Crippen LogP contribution >= 0.6 is 22.9 Å². The molecule has 3 nitrogen and oxygen atoms in total. The normalized spacial score (nSPS) is 13.5. The molecule has 1 aliphatic heterocycles. The summed E-state index contributed by atoms with van der Waals surface area (Å²) < 4.78 is 17.9. The van der Waals surface area contributed by atoms with Crippen LogP contribution in [0, 0.1) is 5.82 Å². The van der Waals surface area contributed by atoms with Crippen LogP contribution in [0.2, 0.25) is 5.02 Å². The van der Waals surface area contributed by atoms with Crippen LogP contribution in [0.5, 0.6) is 0 Å². The van der Waals surface area contributed by atoms with Gasteiger partial charge in [-0.05, 0) is 36.8 Å². The highest BCUT2D eigenvalue weighted by Crippen LogP contribution is 2.41. The van der Waals surface area contributed by atoms with Crippen LogP contribution in [0.25, 0.3) is 31.9 Å². The third-order valence-corrected chi connectivity index (χ3v) is 5.92. The molecular weight excluding hydrogens is 357 g/mol. The van der Waals surface area contributed by atoms with Crippen LogP contribution in [0.4, 0.5) is 4.39 Å². The molecule has 0 N–H and O–H groups in total. The van der Waals surface area contributed by atoms with Crippen molar-refractivity contribution < 1.29 is 4.39 Å². The first-order chi connectivity index (χ1) is 12.2. The van der Waals surface area contributed by atoms with E-state index in [9.17, 15) is 4.39 Å². The number of aryl methyl sites for hydroxylation is 1. The number of hydrogen-bond acceptors (Lipinski definition) is 3. The topological polar surface area (TPSA) is 30.7 Å². The molecule has 0 amide bonds. The van der Waals surface area contributed by atoms with Gasteiger partial charge in [-0.15, -0.1) is 11.3 Å². The fourth-order valence-corrected chi connectivity index (χ4v) is 4.70. The Labute approximate surface area is 152 Å². The van der Waals surface area contributed by atoms with Gasteiger partial charge in [-0.25, -0.2) is 9.37 Å². The maximum Gasteiger partial charge on any atom is 0.132 e. The number of thiophene rings is 1. The average molecular weight is 370 g/mol. The summed E-state index contributed by atoms with van der Waals surface area (Å²) in [5.74, 6) is 0.713. The summed E-state index contributed by atoms with van der Waals surface area (Å²) in [5.41, 5.74) is 2.11. The summed E-state index contributed by atoms with van der Waals surface area (Å²) in [6.07, 6.45) is 5.64. The van der Waals surface area contributed by atoms with Crippen molar-refractivity contribution in [2.24, 2.45) is 0 Å². The Balaban J connectivity index is 1.80. The van der Waals surface area contributed by atoms with Gasteiger partial charge in [-0.3, -0.25) is 4.98 Å². The smallest absolute Gasteiger partial charge is 0.132 e. The number of imidazole rings is 1. The van der Waals surface area contributed by atoms with E-state index in [2.05, 4.69) is 15.6 Å². The van der Waals surface area contributed by atoms with E-state index in [0.717, 1.165) is 45.9 Å². The summed E-state index contributed by atoms with van der Waals surface area (Å²) in [6, 6.07) is 8.75. The van der Waals surface area contributed by atoms with Gasteiger partial charge in [-0.2, -0.15) is 0 Å². The predicted molar refractivity (Wildman–Crippen MR) is 99.6 cm³/mol. The molecule has 0 spiro atoms. The highest BCUT2D eigenvalue weighted by Gasteiger charge is 2.26. The maximum atomic E-state index is 14.5. The standard InChI is InChI=1S/C19H13ClFN3S/c20-12-3-4-14(21)13(9-12)18-19(24-7-1-2-17(24)23-18)16-8-11-10-22-6-5-15(11)25-16/h3-6,8-10H,1-2,7H2. The molecule has 0 saturated heterocycles. The predicted octanol–water partition coefficient (Wildman–Crippen LogP) is 5.57. The van der Waals surface area contributed by atoms with Crippen LogP contribution in [0.3, 0.4) is 0 Å². The number of aromatic nitrogens is 3. The Hall–Kier alpha value is -2.24. The summed E-state index contributed by atoms with van der Waals surface area (Å²) in [4.78, 5) is 10.0. The highest BCUT2D eigenvalue weighted by molar-refractivity contribution is 7.22. The quantitative estimate of drug-likeness (QED) is 0.462. The lowest BCUT2D eigenvalue weighted by molar-refractivity contribution is 0.630. The molecule has 4 heterocycles. The van der Waals surface area contributed by atoms with Crippen molar-refractivity contribution in [3.63, 3.8) is 0 Å². The minimum Gasteiger partial charge on any atom is -0.327 e. The van der Waals surface area contributed by atoms with Crippen molar-refractivity contribution >= 4 is 33.0 Å². The molecule has 0 aliphatic carbocycles. The lowest BCUT2D eigenvalue weighted by atomic mass is 10.1. The van der Waals surface area contributed by atoms with E-state index in [-0.39, 0.29) is 5.82 Å². The molecule has 0 radical (unpaired) electrons. The van der Waals surface area contributed by atoms with Gasteiger partial charge in [0.25, 0.3) is 0 Å². The van der Waals surface area contributed by atoms with Crippen molar-refractivity contribution in [2.45, 2.75) is 19.4 Å². The first-order valence-corrected chi connectivity index (χ1v) is 9.29. The Kier molecular flexibility index (Phi) is 3.40. The molecule has 0 unspecified atom stereocenters. The number of halogens is 2. The molecule has 0 saturated carbocycles. The second kappa shape index (κ2) is 5.64. The van der Waals surface area contributed by atoms with Crippen LogP contribution in [0.15, 0.2) is 42.7 Å². The van der Waals surface area contributed by atoms with E-state index in [1.54, 1.807) is 29.7 Å². The van der Waals surface area contributed by atoms with Gasteiger partial charge in [0.2, 0.25) is 0 Å². The Morgan fingerprint density at radius 1 is 1.20 bits per heavy atom. The van der Waals surface area contributed by atoms with Crippen molar-refractivity contribution in [1.82, 2.24) is 14.5 Å². The third kappa shape index (κ3) is 2.38. The van der Waals surface area contributed by atoms with Crippen LogP contribution in [0.1, 0.15) is 12.2 Å². The molecule has 124 valence electrons. The van der Waals surface area contributed by atoms with Gasteiger partial charge < -0.3 is 4.57 Å². The van der Waals surface area contributed by atoms with E-state index in [1.807, 2.05) is 12.3 Å². The molecule has 1 aromatic carbocycles. The Morgan fingerprint density at radius 2 is 2.12 bits per heavy atom. The van der Waals surface area contributed by atoms with Gasteiger partial charge in [0.1, 0.15) is 17.3 Å². The maximum absolute atomic E-state index is 14.5. The van der Waals surface area contributed by atoms with Gasteiger partial charge in [0, 0.05) is 46.0 Å². The lowest BCUT2D eigenvalue weighted by Crippen LogP contribution is -1.95. The van der Waals surface area contributed by atoms with Crippen LogP contribution in [-0.4, -0.2) is 14.5 Å². The lowest BCUT2D eigenvalue weighted by Gasteiger charge is -2.07. The molecule has 6 heteroatoms. The van der Waals surface area contributed by atoms with Gasteiger partial charge in [0.15, 0.2) is 0 Å². The van der Waals surface area contributed by atoms with Crippen molar-refractivity contribution in [3.05, 3.63) is 59.4 Å². The number of hydrogen-bond donors (Lipinski definition) is 0. The first kappa shape index (κ1) is 15.0. The molecule has 0 bridgehead atoms. The molecule has 0 atom stereocenters. The zero-order valence-electron chi connectivity index (χ0n) is 13.2. The van der Waals surface area contributed by atoms with E-state index in [4.69, 9.17) is 16.6 Å². The summed E-state index contributed by atoms with van der Waals surface area (Å²) in [7, 11) is 0. The van der Waals surface area contributed by atoms with Gasteiger partial charge >= 0.3 is 0 Å². The second-order valence-electron chi connectivity index (χ2n) is 6.13. The van der Waals surface area contributed by atoms with Crippen molar-refractivity contribution in [3.8, 4) is 21.8 Å². The number of fused-ring (bicyclic) bond motifs is 2. The van der Waals surface area contributed by atoms with E-state index in [1.165, 1.54) is 6.07 Å². The number of pyridine rings is 1. The third-order valence-electron chi connectivity index (χ3n) is 4.56. The molecule has 4 aromatic rings. The van der Waals surface area contributed by atoms with E-state index < -0.39 is 0 Å².